The molecule has 0 aromatic carbocycles. The molecular formula is C15H28N6. The van der Waals surface area contributed by atoms with Crippen molar-refractivity contribution in [1.29, 1.82) is 0 Å². The van der Waals surface area contributed by atoms with E-state index in [0.717, 1.165) is 19.0 Å². The van der Waals surface area contributed by atoms with E-state index >= 15 is 0 Å². The summed E-state index contributed by atoms with van der Waals surface area (Å²) in [5.74, 6) is 2.73. The van der Waals surface area contributed by atoms with Crippen LogP contribution in [0.3, 0.4) is 0 Å². The molecule has 6 heteroatoms. The number of hydrogen-bond acceptors (Lipinski definition) is 6. The zero-order chi connectivity index (χ0) is 15.2. The van der Waals surface area contributed by atoms with Crippen LogP contribution < -0.4 is 15.5 Å². The molecule has 0 amide bonds. The van der Waals surface area contributed by atoms with Gasteiger partial charge in [-0.25, -0.2) is 0 Å². The third kappa shape index (κ3) is 3.95. The quantitative estimate of drug-likeness (QED) is 0.840. The highest BCUT2D eigenvalue weighted by molar-refractivity contribution is 5.44. The Labute approximate surface area is 127 Å². The second-order valence-corrected chi connectivity index (χ2v) is 5.72. The van der Waals surface area contributed by atoms with Gasteiger partial charge in [-0.1, -0.05) is 19.8 Å². The van der Waals surface area contributed by atoms with Gasteiger partial charge in [-0.15, -0.1) is 0 Å². The molecule has 0 radical (unpaired) electrons. The number of nitrogens with one attached hydrogen (secondary N) is 2. The van der Waals surface area contributed by atoms with Crippen molar-refractivity contribution in [3.05, 3.63) is 0 Å². The second-order valence-electron chi connectivity index (χ2n) is 5.72. The molecule has 1 aromatic rings. The number of aromatic nitrogens is 3. The average Bonchev–Trinajstić information content (AvgIpc) is 2.50. The van der Waals surface area contributed by atoms with E-state index in [2.05, 4.69) is 51.3 Å². The van der Waals surface area contributed by atoms with Gasteiger partial charge in [0.2, 0.25) is 17.8 Å². The third-order valence-electron chi connectivity index (χ3n) is 4.32. The summed E-state index contributed by atoms with van der Waals surface area (Å²) in [4.78, 5) is 15.7. The number of anilines is 3. The van der Waals surface area contributed by atoms with Gasteiger partial charge in [0.25, 0.3) is 0 Å². The maximum atomic E-state index is 4.60. The largest absolute Gasteiger partial charge is 0.357 e. The van der Waals surface area contributed by atoms with Gasteiger partial charge in [-0.2, -0.15) is 15.0 Å². The maximum Gasteiger partial charge on any atom is 0.231 e. The summed E-state index contributed by atoms with van der Waals surface area (Å²) in [5, 5.41) is 6.55. The summed E-state index contributed by atoms with van der Waals surface area (Å²) in [7, 11) is 1.84. The molecule has 1 heterocycles. The van der Waals surface area contributed by atoms with E-state index in [1.54, 1.807) is 0 Å². The van der Waals surface area contributed by atoms with Crippen molar-refractivity contribution < 1.29 is 0 Å². The van der Waals surface area contributed by atoms with Crippen molar-refractivity contribution in [1.82, 2.24) is 15.0 Å². The first-order valence-electron chi connectivity index (χ1n) is 8.13. The van der Waals surface area contributed by atoms with E-state index in [1.807, 2.05) is 7.05 Å². The van der Waals surface area contributed by atoms with Gasteiger partial charge < -0.3 is 15.5 Å². The molecule has 2 unspecified atom stereocenters. The Kier molecular flexibility index (Phi) is 5.59. The van der Waals surface area contributed by atoms with Crippen LogP contribution in [0.1, 0.15) is 46.5 Å². The SMILES string of the molecule is CCN(CC)c1nc(NC)nc(NC2CCCCC2C)n1. The highest BCUT2D eigenvalue weighted by atomic mass is 15.3. The van der Waals surface area contributed by atoms with E-state index in [-0.39, 0.29) is 0 Å². The molecule has 118 valence electrons. The van der Waals surface area contributed by atoms with Crippen LogP contribution in [-0.4, -0.2) is 41.1 Å². The Morgan fingerprint density at radius 1 is 1.05 bits per heavy atom. The smallest absolute Gasteiger partial charge is 0.231 e. The Morgan fingerprint density at radius 3 is 2.33 bits per heavy atom. The van der Waals surface area contributed by atoms with Crippen molar-refractivity contribution in [3.8, 4) is 0 Å². The van der Waals surface area contributed by atoms with Crippen LogP contribution in [0, 0.1) is 5.92 Å². The molecule has 0 aliphatic heterocycles. The van der Waals surface area contributed by atoms with Gasteiger partial charge in [-0.3, -0.25) is 0 Å². The minimum atomic E-state index is 0.468. The first-order chi connectivity index (χ1) is 10.2. The molecule has 21 heavy (non-hydrogen) atoms. The van der Waals surface area contributed by atoms with Crippen LogP contribution in [0.15, 0.2) is 0 Å². The standard InChI is InChI=1S/C15H28N6/c1-5-21(6-2)15-19-13(16-4)18-14(20-15)17-12-10-8-7-9-11(12)3/h11-12H,5-10H2,1-4H3,(H2,16,17,18,19,20). The Hall–Kier alpha value is -1.59. The molecule has 2 rings (SSSR count). The van der Waals surface area contributed by atoms with Crippen LogP contribution in [0.25, 0.3) is 0 Å². The molecule has 0 saturated heterocycles. The van der Waals surface area contributed by atoms with Crippen molar-refractivity contribution in [2.24, 2.45) is 5.92 Å². The van der Waals surface area contributed by atoms with Crippen LogP contribution in [0.5, 0.6) is 0 Å². The third-order valence-corrected chi connectivity index (χ3v) is 4.32. The van der Waals surface area contributed by atoms with Gasteiger partial charge in [-0.05, 0) is 32.6 Å². The van der Waals surface area contributed by atoms with Crippen LogP contribution in [-0.2, 0) is 0 Å². The molecule has 1 saturated carbocycles. The first-order valence-corrected chi connectivity index (χ1v) is 8.13. The summed E-state index contributed by atoms with van der Waals surface area (Å²) in [5.41, 5.74) is 0. The molecule has 0 spiro atoms. The monoisotopic (exact) mass is 292 g/mol. The topological polar surface area (TPSA) is 66.0 Å². The predicted molar refractivity (Wildman–Crippen MR) is 88.0 cm³/mol. The lowest BCUT2D eigenvalue weighted by Gasteiger charge is -2.29. The van der Waals surface area contributed by atoms with E-state index in [4.69, 9.17) is 0 Å². The molecule has 1 aliphatic carbocycles. The van der Waals surface area contributed by atoms with Crippen molar-refractivity contribution in [3.63, 3.8) is 0 Å². The zero-order valence-corrected chi connectivity index (χ0v) is 13.7. The number of hydrogen-bond donors (Lipinski definition) is 2. The Morgan fingerprint density at radius 2 is 1.71 bits per heavy atom. The van der Waals surface area contributed by atoms with Gasteiger partial charge in [0.05, 0.1) is 0 Å². The molecule has 0 bridgehead atoms. The Balaban J connectivity index is 2.19. The first kappa shape index (κ1) is 15.8. The summed E-state index contributed by atoms with van der Waals surface area (Å²) in [6.07, 6.45) is 5.10. The highest BCUT2D eigenvalue weighted by Crippen LogP contribution is 2.26. The van der Waals surface area contributed by atoms with E-state index in [9.17, 15) is 0 Å². The fourth-order valence-electron chi connectivity index (χ4n) is 2.89. The average molecular weight is 292 g/mol. The zero-order valence-electron chi connectivity index (χ0n) is 13.7. The van der Waals surface area contributed by atoms with E-state index < -0.39 is 0 Å². The van der Waals surface area contributed by atoms with Gasteiger partial charge in [0.1, 0.15) is 0 Å². The lowest BCUT2D eigenvalue weighted by molar-refractivity contribution is 0.348. The van der Waals surface area contributed by atoms with Gasteiger partial charge in [0.15, 0.2) is 0 Å². The van der Waals surface area contributed by atoms with Crippen LogP contribution in [0.2, 0.25) is 0 Å². The molecule has 6 nitrogen and oxygen atoms in total. The highest BCUT2D eigenvalue weighted by Gasteiger charge is 2.22. The molecule has 2 N–H and O–H groups in total. The minimum Gasteiger partial charge on any atom is -0.357 e. The van der Waals surface area contributed by atoms with Crippen molar-refractivity contribution in [2.75, 3.05) is 35.7 Å². The fourth-order valence-corrected chi connectivity index (χ4v) is 2.89. The van der Waals surface area contributed by atoms with Crippen LogP contribution >= 0.6 is 0 Å². The molecular weight excluding hydrogens is 264 g/mol. The summed E-state index contributed by atoms with van der Waals surface area (Å²) in [6.45, 7) is 8.32. The van der Waals surface area contributed by atoms with Gasteiger partial charge >= 0.3 is 0 Å². The molecule has 1 aliphatic rings. The lowest BCUT2D eigenvalue weighted by atomic mass is 9.86. The Bertz CT molecular complexity index is 446. The number of nitrogens with zero attached hydrogens (tertiary/aromatic N) is 4. The molecule has 1 aromatic heterocycles. The van der Waals surface area contributed by atoms with Crippen molar-refractivity contribution in [2.45, 2.75) is 52.5 Å². The van der Waals surface area contributed by atoms with Gasteiger partial charge in [0, 0.05) is 26.2 Å². The molecule has 2 atom stereocenters. The summed E-state index contributed by atoms with van der Waals surface area (Å²) in [6, 6.07) is 0.468. The minimum absolute atomic E-state index is 0.468. The summed E-state index contributed by atoms with van der Waals surface area (Å²) < 4.78 is 0. The second kappa shape index (κ2) is 7.43. The van der Waals surface area contributed by atoms with E-state index in [0.29, 0.717) is 23.9 Å². The van der Waals surface area contributed by atoms with E-state index in [1.165, 1.54) is 25.7 Å². The normalized spacial score (nSPS) is 21.9. The van der Waals surface area contributed by atoms with Crippen molar-refractivity contribution >= 4 is 17.8 Å². The number of rotatable bonds is 6. The summed E-state index contributed by atoms with van der Waals surface area (Å²) >= 11 is 0. The molecule has 1 fully saturated rings. The lowest BCUT2D eigenvalue weighted by Crippen LogP contribution is -2.32. The van der Waals surface area contributed by atoms with Crippen LogP contribution in [0.4, 0.5) is 17.8 Å². The fraction of sp³-hybridized carbons (Fsp3) is 0.800. The maximum absolute atomic E-state index is 4.60. The predicted octanol–water partition coefficient (Wildman–Crippen LogP) is 2.75.